The molecule has 0 spiro atoms. The van der Waals surface area contributed by atoms with Crippen LogP contribution in [-0.4, -0.2) is 38.7 Å². The molecule has 0 aliphatic carbocycles. The van der Waals surface area contributed by atoms with Crippen molar-refractivity contribution in [3.05, 3.63) is 23.7 Å². The van der Waals surface area contributed by atoms with Crippen molar-refractivity contribution in [3.63, 3.8) is 0 Å². The third-order valence-corrected chi connectivity index (χ3v) is 1.06. The molecule has 3 nitrogen and oxygen atoms in total. The van der Waals surface area contributed by atoms with E-state index >= 15 is 0 Å². The summed E-state index contributed by atoms with van der Waals surface area (Å²) in [6.07, 6.45) is 1.95. The molecule has 54 valence electrons. The van der Waals surface area contributed by atoms with Gasteiger partial charge in [0, 0.05) is 5.56 Å². The van der Waals surface area contributed by atoms with Crippen molar-refractivity contribution >= 4 is 33.6 Å². The Bertz CT molecular complexity index is 207. The molecule has 4 heteroatoms. The number of rotatable bonds is 2. The third-order valence-electron chi connectivity index (χ3n) is 1.06. The topological polar surface area (TPSA) is 50.4 Å². The van der Waals surface area contributed by atoms with Gasteiger partial charge in [0.25, 0.3) is 0 Å². The number of carbonyl (C=O) groups is 1. The first-order valence-corrected chi connectivity index (χ1v) is 2.51. The summed E-state index contributed by atoms with van der Waals surface area (Å²) in [7, 11) is 0. The summed E-state index contributed by atoms with van der Waals surface area (Å²) in [5.41, 5.74) is 0.532. The van der Waals surface area contributed by atoms with E-state index < -0.39 is 0 Å². The summed E-state index contributed by atoms with van der Waals surface area (Å²) >= 11 is 0. The van der Waals surface area contributed by atoms with Gasteiger partial charge in [0.05, 0.1) is 12.9 Å². The molecule has 10 heavy (non-hydrogen) atoms. The Morgan fingerprint density at radius 1 is 1.70 bits per heavy atom. The molecule has 0 bridgehead atoms. The van der Waals surface area contributed by atoms with Gasteiger partial charge in [-0.3, -0.25) is 4.79 Å². The molecule has 0 saturated heterocycles. The molecular weight excluding hydrogens is 327 g/mol. The fraction of sp³-hybridized carbons (Fsp3) is 0.167. The van der Waals surface area contributed by atoms with E-state index in [1.165, 1.54) is 6.26 Å². The summed E-state index contributed by atoms with van der Waals surface area (Å²) in [5.74, 6) is 0.206. The van der Waals surface area contributed by atoms with E-state index in [2.05, 4.69) is 4.42 Å². The first-order valence-electron chi connectivity index (χ1n) is 2.51. The summed E-state index contributed by atoms with van der Waals surface area (Å²) < 4.78 is 4.68. The van der Waals surface area contributed by atoms with Crippen molar-refractivity contribution in [2.75, 3.05) is 0 Å². The molecule has 1 rings (SSSR count). The second-order valence-electron chi connectivity index (χ2n) is 1.59. The Hall–Kier alpha value is -0.168. The Balaban J connectivity index is 0.000000810. The van der Waals surface area contributed by atoms with E-state index in [-0.39, 0.29) is 39.7 Å². The van der Waals surface area contributed by atoms with Crippen LogP contribution in [0.5, 0.6) is 0 Å². The number of aliphatic hydroxyl groups excluding tert-OH is 1. The predicted octanol–water partition coefficient (Wildman–Crippen LogP) is -0.332. The zero-order valence-corrected chi connectivity index (χ0v) is 10.9. The molecular formula is C6H8O3Pb. The van der Waals surface area contributed by atoms with Crippen LogP contribution in [0.3, 0.4) is 0 Å². The normalized spacial score (nSPS) is 8.50. The second kappa shape index (κ2) is 4.62. The zero-order chi connectivity index (χ0) is 6.69. The zero-order valence-electron chi connectivity index (χ0n) is 5.41. The second-order valence-corrected chi connectivity index (χ2v) is 1.59. The third kappa shape index (κ3) is 1.91. The van der Waals surface area contributed by atoms with Crippen molar-refractivity contribution in [2.45, 2.75) is 6.61 Å². The Labute approximate surface area is 78.2 Å². The van der Waals surface area contributed by atoms with E-state index in [1.807, 2.05) is 0 Å². The van der Waals surface area contributed by atoms with Crippen molar-refractivity contribution in [1.82, 2.24) is 0 Å². The van der Waals surface area contributed by atoms with Crippen LogP contribution < -0.4 is 0 Å². The predicted molar refractivity (Wildman–Crippen MR) is 38.6 cm³/mol. The Morgan fingerprint density at radius 3 is 2.80 bits per heavy atom. The number of hydrogen-bond donors (Lipinski definition) is 1. The molecule has 1 aromatic heterocycles. The maximum absolute atomic E-state index is 10.0. The van der Waals surface area contributed by atoms with Gasteiger partial charge in [-0.05, 0) is 6.07 Å². The van der Waals surface area contributed by atoms with E-state index in [0.29, 0.717) is 11.8 Å². The first-order chi connectivity index (χ1) is 4.38. The molecule has 0 saturated carbocycles. The van der Waals surface area contributed by atoms with Crippen LogP contribution in [0.1, 0.15) is 16.1 Å². The minimum atomic E-state index is -0.148. The molecule has 0 atom stereocenters. The van der Waals surface area contributed by atoms with Gasteiger partial charge in [-0.15, -0.1) is 0 Å². The standard InChI is InChI=1S/C6H6O3.Pb.2H/c7-3-5-1-2-9-6(5)4-8;;;/h1-2,4,7H,3H2;;;. The number of aliphatic hydroxyl groups is 1. The molecule has 0 unspecified atom stereocenters. The van der Waals surface area contributed by atoms with Gasteiger partial charge in [-0.1, -0.05) is 0 Å². The quantitative estimate of drug-likeness (QED) is 0.595. The molecule has 0 aromatic carbocycles. The molecule has 2 radical (unpaired) electrons. The van der Waals surface area contributed by atoms with Gasteiger partial charge in [-0.25, -0.2) is 0 Å². The van der Waals surface area contributed by atoms with Crippen molar-refractivity contribution in [1.29, 1.82) is 0 Å². The van der Waals surface area contributed by atoms with Crippen LogP contribution >= 0.6 is 0 Å². The molecule has 0 amide bonds. The monoisotopic (exact) mass is 336 g/mol. The van der Waals surface area contributed by atoms with E-state index in [9.17, 15) is 4.79 Å². The van der Waals surface area contributed by atoms with E-state index in [4.69, 9.17) is 5.11 Å². The molecule has 0 aliphatic heterocycles. The van der Waals surface area contributed by atoms with Gasteiger partial charge in [-0.2, -0.15) is 0 Å². The molecule has 1 aromatic rings. The Kier molecular flexibility index (Phi) is 4.54. The van der Waals surface area contributed by atoms with Crippen molar-refractivity contribution in [2.24, 2.45) is 0 Å². The molecule has 1 heterocycles. The average Bonchev–Trinajstić information content (AvgIpc) is 2.33. The number of hydrogen-bond acceptors (Lipinski definition) is 3. The van der Waals surface area contributed by atoms with Crippen LogP contribution in [-0.2, 0) is 6.61 Å². The van der Waals surface area contributed by atoms with Gasteiger partial charge in [0.15, 0.2) is 12.0 Å². The van der Waals surface area contributed by atoms with Crippen molar-refractivity contribution < 1.29 is 14.3 Å². The Morgan fingerprint density at radius 2 is 2.40 bits per heavy atom. The van der Waals surface area contributed by atoms with Gasteiger partial charge in [0.1, 0.15) is 0 Å². The summed E-state index contributed by atoms with van der Waals surface area (Å²) in [4.78, 5) is 10.0. The number of aldehydes is 1. The van der Waals surface area contributed by atoms with E-state index in [0.717, 1.165) is 0 Å². The SMILES string of the molecule is O=Cc1occc1CO.[PbH2]. The van der Waals surface area contributed by atoms with E-state index in [1.54, 1.807) is 6.07 Å². The number of carbonyl (C=O) groups excluding carboxylic acids is 1. The summed E-state index contributed by atoms with van der Waals surface area (Å²) in [6, 6.07) is 1.56. The van der Waals surface area contributed by atoms with Crippen LogP contribution in [0.2, 0.25) is 0 Å². The summed E-state index contributed by atoms with van der Waals surface area (Å²) in [6.45, 7) is -0.148. The fourth-order valence-corrected chi connectivity index (χ4v) is 0.581. The summed E-state index contributed by atoms with van der Waals surface area (Å²) in [5, 5.41) is 8.52. The van der Waals surface area contributed by atoms with Gasteiger partial charge in [0.2, 0.25) is 0 Å². The fourth-order valence-electron chi connectivity index (χ4n) is 0.581. The minimum absolute atomic E-state index is 0. The molecule has 1 N–H and O–H groups in total. The van der Waals surface area contributed by atoms with Gasteiger partial charge >= 0.3 is 27.3 Å². The number of furan rings is 1. The average molecular weight is 335 g/mol. The van der Waals surface area contributed by atoms with Gasteiger partial charge < -0.3 is 9.52 Å². The maximum atomic E-state index is 10.0. The van der Waals surface area contributed by atoms with Crippen LogP contribution in [0, 0.1) is 0 Å². The first kappa shape index (κ1) is 9.83. The molecule has 0 aliphatic rings. The van der Waals surface area contributed by atoms with Crippen LogP contribution in [0.25, 0.3) is 0 Å². The van der Waals surface area contributed by atoms with Crippen LogP contribution in [0.15, 0.2) is 16.7 Å². The van der Waals surface area contributed by atoms with Crippen LogP contribution in [0.4, 0.5) is 0 Å². The molecule has 0 fully saturated rings. The van der Waals surface area contributed by atoms with Crippen molar-refractivity contribution in [3.8, 4) is 0 Å².